The zero-order chi connectivity index (χ0) is 16.3. The minimum Gasteiger partial charge on any atom is -0.312 e. The molecule has 118 valence electrons. The zero-order valence-corrected chi connectivity index (χ0v) is 14.5. The van der Waals surface area contributed by atoms with E-state index >= 15 is 0 Å². The monoisotopic (exact) mass is 318 g/mol. The number of pyridine rings is 1. The van der Waals surface area contributed by atoms with E-state index in [9.17, 15) is 4.79 Å². The molecular weight excluding hydrogens is 296 g/mol. The number of anilines is 1. The van der Waals surface area contributed by atoms with Crippen LogP contribution >= 0.6 is 11.8 Å². The van der Waals surface area contributed by atoms with Crippen LogP contribution in [0.4, 0.5) is 5.69 Å². The molecule has 0 N–H and O–H groups in total. The van der Waals surface area contributed by atoms with Gasteiger partial charge in [-0.25, -0.2) is 4.68 Å². The molecule has 2 heterocycles. The third kappa shape index (κ3) is 3.32. The molecule has 1 amide bonds. The lowest BCUT2D eigenvalue weighted by atomic mass is 9.94. The molecular formula is C16H22N4OS. The fourth-order valence-electron chi connectivity index (χ4n) is 2.39. The third-order valence-electron chi connectivity index (χ3n) is 3.53. The van der Waals surface area contributed by atoms with Crippen molar-refractivity contribution >= 4 is 23.4 Å². The fraction of sp³-hybridized carbons (Fsp3) is 0.438. The van der Waals surface area contributed by atoms with Gasteiger partial charge >= 0.3 is 0 Å². The van der Waals surface area contributed by atoms with Crippen molar-refractivity contribution in [2.75, 3.05) is 24.0 Å². The molecule has 0 aliphatic carbocycles. The third-order valence-corrected chi connectivity index (χ3v) is 4.54. The Hall–Kier alpha value is -1.82. The van der Waals surface area contributed by atoms with Gasteiger partial charge in [-0.15, -0.1) is 0 Å². The summed E-state index contributed by atoms with van der Waals surface area (Å²) in [6.45, 7) is 5.86. The van der Waals surface area contributed by atoms with E-state index in [-0.39, 0.29) is 5.91 Å². The van der Waals surface area contributed by atoms with E-state index in [0.29, 0.717) is 0 Å². The van der Waals surface area contributed by atoms with Crippen LogP contribution in [0.2, 0.25) is 0 Å². The Bertz CT molecular complexity index is 651. The van der Waals surface area contributed by atoms with Crippen molar-refractivity contribution in [1.82, 2.24) is 14.8 Å². The first kappa shape index (κ1) is 16.5. The molecule has 5 nitrogen and oxygen atoms in total. The van der Waals surface area contributed by atoms with Gasteiger partial charge in [-0.3, -0.25) is 9.78 Å². The van der Waals surface area contributed by atoms with Gasteiger partial charge < -0.3 is 4.90 Å². The van der Waals surface area contributed by atoms with Crippen LogP contribution in [0.1, 0.15) is 19.5 Å². The second kappa shape index (κ2) is 6.52. The smallest absolute Gasteiger partial charge is 0.233 e. The Balaban J connectivity index is 2.30. The molecule has 6 heteroatoms. The number of hydrogen-bond acceptors (Lipinski definition) is 4. The number of amides is 1. The zero-order valence-electron chi connectivity index (χ0n) is 13.7. The predicted molar refractivity (Wildman–Crippen MR) is 91.7 cm³/mol. The van der Waals surface area contributed by atoms with Crippen molar-refractivity contribution in [3.05, 3.63) is 36.4 Å². The van der Waals surface area contributed by atoms with Crippen LogP contribution in [-0.4, -0.2) is 39.7 Å². The Morgan fingerprint density at radius 2 is 2.18 bits per heavy atom. The molecule has 0 fully saturated rings. The largest absolute Gasteiger partial charge is 0.312 e. The number of nitrogens with zero attached hydrogens (tertiary/aromatic N) is 4. The lowest BCUT2D eigenvalue weighted by molar-refractivity contribution is -0.125. The number of carbonyl (C=O) groups is 1. The normalized spacial score (nSPS) is 11.5. The fourth-order valence-corrected chi connectivity index (χ4v) is 3.23. The highest BCUT2D eigenvalue weighted by Crippen LogP contribution is 2.27. The van der Waals surface area contributed by atoms with Gasteiger partial charge in [0.2, 0.25) is 5.91 Å². The summed E-state index contributed by atoms with van der Waals surface area (Å²) in [6.07, 6.45) is 7.36. The lowest BCUT2D eigenvalue weighted by Crippen LogP contribution is -2.40. The topological polar surface area (TPSA) is 51.0 Å². The summed E-state index contributed by atoms with van der Waals surface area (Å²) in [4.78, 5) is 18.5. The van der Waals surface area contributed by atoms with Crippen molar-refractivity contribution in [3.63, 3.8) is 0 Å². The Morgan fingerprint density at radius 1 is 1.45 bits per heavy atom. The highest BCUT2D eigenvalue weighted by molar-refractivity contribution is 7.98. The van der Waals surface area contributed by atoms with Crippen molar-refractivity contribution in [1.29, 1.82) is 0 Å². The van der Waals surface area contributed by atoms with Crippen molar-refractivity contribution < 1.29 is 4.79 Å². The summed E-state index contributed by atoms with van der Waals surface area (Å²) >= 11 is 1.68. The number of rotatable bonds is 5. The SMILES string of the molecule is CSCC(C)(C)C(=O)N(C)c1cn(-c2cccnc2)nc1C. The second-order valence-corrected chi connectivity index (χ2v) is 6.80. The Labute approximate surface area is 135 Å². The van der Waals surface area contributed by atoms with E-state index in [1.54, 1.807) is 33.7 Å². The molecule has 0 aliphatic rings. The van der Waals surface area contributed by atoms with Crippen LogP contribution in [0.3, 0.4) is 0 Å². The summed E-state index contributed by atoms with van der Waals surface area (Å²) in [7, 11) is 1.81. The molecule has 0 unspecified atom stereocenters. The summed E-state index contributed by atoms with van der Waals surface area (Å²) in [6, 6.07) is 3.80. The summed E-state index contributed by atoms with van der Waals surface area (Å²) in [5.41, 5.74) is 2.11. The quantitative estimate of drug-likeness (QED) is 0.850. The molecule has 2 aromatic heterocycles. The van der Waals surface area contributed by atoms with E-state index in [0.717, 1.165) is 22.8 Å². The average molecular weight is 318 g/mol. The van der Waals surface area contributed by atoms with Crippen LogP contribution in [0, 0.1) is 12.3 Å². The van der Waals surface area contributed by atoms with Crippen LogP contribution in [0.15, 0.2) is 30.7 Å². The van der Waals surface area contributed by atoms with Crippen molar-refractivity contribution in [2.45, 2.75) is 20.8 Å². The molecule has 0 saturated heterocycles. The van der Waals surface area contributed by atoms with Crippen LogP contribution in [0.5, 0.6) is 0 Å². The number of hydrogen-bond donors (Lipinski definition) is 0. The van der Waals surface area contributed by atoms with Gasteiger partial charge in [-0.2, -0.15) is 16.9 Å². The molecule has 22 heavy (non-hydrogen) atoms. The average Bonchev–Trinajstić information content (AvgIpc) is 2.88. The Morgan fingerprint density at radius 3 is 2.77 bits per heavy atom. The van der Waals surface area contributed by atoms with E-state index in [4.69, 9.17) is 0 Å². The van der Waals surface area contributed by atoms with Gasteiger partial charge in [0.05, 0.1) is 34.9 Å². The van der Waals surface area contributed by atoms with Crippen LogP contribution in [0.25, 0.3) is 5.69 Å². The van der Waals surface area contributed by atoms with Gasteiger partial charge in [0.1, 0.15) is 0 Å². The molecule has 2 aromatic rings. The van der Waals surface area contributed by atoms with Crippen LogP contribution in [-0.2, 0) is 4.79 Å². The maximum atomic E-state index is 12.7. The highest BCUT2D eigenvalue weighted by atomic mass is 32.2. The molecule has 0 saturated carbocycles. The van der Waals surface area contributed by atoms with Gasteiger partial charge in [-0.05, 0) is 25.3 Å². The maximum Gasteiger partial charge on any atom is 0.233 e. The predicted octanol–water partition coefficient (Wildman–Crippen LogP) is 2.93. The first-order valence-corrected chi connectivity index (χ1v) is 8.50. The van der Waals surface area contributed by atoms with Gasteiger partial charge in [0.15, 0.2) is 0 Å². The van der Waals surface area contributed by atoms with Gasteiger partial charge in [0, 0.05) is 19.0 Å². The first-order valence-electron chi connectivity index (χ1n) is 7.10. The van der Waals surface area contributed by atoms with Gasteiger partial charge in [0.25, 0.3) is 0 Å². The summed E-state index contributed by atoms with van der Waals surface area (Å²) in [5.74, 6) is 0.877. The second-order valence-electron chi connectivity index (χ2n) is 5.94. The van der Waals surface area contributed by atoms with E-state index < -0.39 is 5.41 Å². The van der Waals surface area contributed by atoms with Crippen LogP contribution < -0.4 is 4.90 Å². The van der Waals surface area contributed by atoms with E-state index in [1.807, 2.05) is 52.4 Å². The standard InChI is InChI=1S/C16H22N4OS/c1-12-14(19(4)15(21)16(2,3)11-22-5)10-20(18-12)13-7-6-8-17-9-13/h6-10H,11H2,1-5H3. The molecule has 0 spiro atoms. The number of aromatic nitrogens is 3. The Kier molecular flexibility index (Phi) is 4.90. The molecule has 0 bridgehead atoms. The maximum absolute atomic E-state index is 12.7. The molecule has 0 aromatic carbocycles. The molecule has 0 atom stereocenters. The highest BCUT2D eigenvalue weighted by Gasteiger charge is 2.31. The first-order chi connectivity index (χ1) is 10.4. The lowest BCUT2D eigenvalue weighted by Gasteiger charge is -2.28. The summed E-state index contributed by atoms with van der Waals surface area (Å²) in [5, 5.41) is 4.49. The minimum atomic E-state index is -0.406. The number of carbonyl (C=O) groups excluding carboxylic acids is 1. The molecule has 2 rings (SSSR count). The minimum absolute atomic E-state index is 0.0932. The number of thioether (sulfide) groups is 1. The van der Waals surface area contributed by atoms with E-state index in [1.165, 1.54) is 0 Å². The van der Waals surface area contributed by atoms with Crippen molar-refractivity contribution in [2.24, 2.45) is 5.41 Å². The number of aryl methyl sites for hydroxylation is 1. The molecule has 0 radical (unpaired) electrons. The summed E-state index contributed by atoms with van der Waals surface area (Å²) < 4.78 is 1.75. The van der Waals surface area contributed by atoms with E-state index in [2.05, 4.69) is 10.1 Å². The van der Waals surface area contributed by atoms with Crippen molar-refractivity contribution in [3.8, 4) is 5.69 Å². The molecule has 0 aliphatic heterocycles. The van der Waals surface area contributed by atoms with Gasteiger partial charge in [-0.1, -0.05) is 13.8 Å².